The SMILES string of the molecule is COC1CC(C(=O)O)CCC1C1CCC1. The van der Waals surface area contributed by atoms with Crippen molar-refractivity contribution in [2.75, 3.05) is 7.11 Å². The molecule has 3 atom stereocenters. The van der Waals surface area contributed by atoms with Gasteiger partial charge in [0.2, 0.25) is 0 Å². The summed E-state index contributed by atoms with van der Waals surface area (Å²) >= 11 is 0. The van der Waals surface area contributed by atoms with Crippen LogP contribution < -0.4 is 0 Å². The molecule has 2 aliphatic carbocycles. The number of carboxylic acid groups (broad SMARTS) is 1. The molecule has 2 fully saturated rings. The highest BCUT2D eigenvalue weighted by Crippen LogP contribution is 2.43. The van der Waals surface area contributed by atoms with E-state index in [1.807, 2.05) is 0 Å². The first kappa shape index (κ1) is 10.9. The van der Waals surface area contributed by atoms with Crippen molar-refractivity contribution in [3.63, 3.8) is 0 Å². The molecule has 0 saturated heterocycles. The molecule has 0 bridgehead atoms. The Labute approximate surface area is 90.8 Å². The maximum absolute atomic E-state index is 10.9. The van der Waals surface area contributed by atoms with Crippen LogP contribution in [0.4, 0.5) is 0 Å². The van der Waals surface area contributed by atoms with Crippen LogP contribution in [0.5, 0.6) is 0 Å². The van der Waals surface area contributed by atoms with Crippen LogP contribution in [0, 0.1) is 17.8 Å². The lowest BCUT2D eigenvalue weighted by molar-refractivity contribution is -0.146. The Kier molecular flexibility index (Phi) is 3.29. The van der Waals surface area contributed by atoms with Crippen LogP contribution >= 0.6 is 0 Å². The molecule has 2 saturated carbocycles. The highest BCUT2D eigenvalue weighted by atomic mass is 16.5. The summed E-state index contributed by atoms with van der Waals surface area (Å²) in [6, 6.07) is 0. The van der Waals surface area contributed by atoms with Crippen LogP contribution in [0.1, 0.15) is 38.5 Å². The first-order valence-electron chi connectivity index (χ1n) is 5.98. The van der Waals surface area contributed by atoms with E-state index >= 15 is 0 Å². The molecule has 2 aliphatic rings. The highest BCUT2D eigenvalue weighted by molar-refractivity contribution is 5.70. The maximum Gasteiger partial charge on any atom is 0.306 e. The standard InChI is InChI=1S/C12H20O3/c1-15-11-7-9(12(13)14)5-6-10(11)8-3-2-4-8/h8-11H,2-7H2,1H3,(H,13,14). The van der Waals surface area contributed by atoms with E-state index < -0.39 is 5.97 Å². The van der Waals surface area contributed by atoms with Gasteiger partial charge in [-0.05, 0) is 31.1 Å². The summed E-state index contributed by atoms with van der Waals surface area (Å²) in [5.74, 6) is 0.611. The number of carbonyl (C=O) groups is 1. The summed E-state index contributed by atoms with van der Waals surface area (Å²) in [4.78, 5) is 10.9. The van der Waals surface area contributed by atoms with Crippen molar-refractivity contribution in [3.05, 3.63) is 0 Å². The van der Waals surface area contributed by atoms with Crippen molar-refractivity contribution in [2.24, 2.45) is 17.8 Å². The largest absolute Gasteiger partial charge is 0.481 e. The summed E-state index contributed by atoms with van der Waals surface area (Å²) in [5.41, 5.74) is 0. The summed E-state index contributed by atoms with van der Waals surface area (Å²) < 4.78 is 5.48. The molecule has 86 valence electrons. The van der Waals surface area contributed by atoms with Gasteiger partial charge in [-0.15, -0.1) is 0 Å². The molecule has 0 aliphatic heterocycles. The molecule has 3 nitrogen and oxygen atoms in total. The van der Waals surface area contributed by atoms with Gasteiger partial charge in [-0.25, -0.2) is 0 Å². The van der Waals surface area contributed by atoms with Gasteiger partial charge in [-0.1, -0.05) is 19.3 Å². The normalized spacial score (nSPS) is 37.3. The molecule has 3 heteroatoms. The minimum absolute atomic E-state index is 0.175. The van der Waals surface area contributed by atoms with E-state index in [-0.39, 0.29) is 12.0 Å². The van der Waals surface area contributed by atoms with Crippen molar-refractivity contribution < 1.29 is 14.6 Å². The molecule has 0 aromatic rings. The molecule has 0 radical (unpaired) electrons. The molecule has 1 N–H and O–H groups in total. The molecule has 0 amide bonds. The third-order valence-electron chi connectivity index (χ3n) is 4.25. The van der Waals surface area contributed by atoms with Gasteiger partial charge in [0.1, 0.15) is 0 Å². The Hall–Kier alpha value is -0.570. The van der Waals surface area contributed by atoms with E-state index in [1.165, 1.54) is 19.3 Å². The van der Waals surface area contributed by atoms with Crippen molar-refractivity contribution in [1.82, 2.24) is 0 Å². The lowest BCUT2D eigenvalue weighted by Crippen LogP contribution is -2.40. The number of ether oxygens (including phenoxy) is 1. The molecule has 0 aromatic heterocycles. The van der Waals surface area contributed by atoms with E-state index in [4.69, 9.17) is 9.84 Å². The second kappa shape index (κ2) is 4.52. The third kappa shape index (κ3) is 2.17. The van der Waals surface area contributed by atoms with Gasteiger partial charge < -0.3 is 9.84 Å². The van der Waals surface area contributed by atoms with E-state index in [0.717, 1.165) is 18.8 Å². The first-order valence-corrected chi connectivity index (χ1v) is 5.98. The average Bonchev–Trinajstić information content (AvgIpc) is 2.15. The van der Waals surface area contributed by atoms with Crippen LogP contribution in [0.15, 0.2) is 0 Å². The highest BCUT2D eigenvalue weighted by Gasteiger charge is 2.39. The lowest BCUT2D eigenvalue weighted by Gasteiger charge is -2.42. The maximum atomic E-state index is 10.9. The molecule has 15 heavy (non-hydrogen) atoms. The molecular weight excluding hydrogens is 192 g/mol. The number of rotatable bonds is 3. The fourth-order valence-corrected chi connectivity index (χ4v) is 3.06. The van der Waals surface area contributed by atoms with Gasteiger partial charge in [-0.3, -0.25) is 4.79 Å². The fraction of sp³-hybridized carbons (Fsp3) is 0.917. The molecule has 0 spiro atoms. The Morgan fingerprint density at radius 3 is 2.47 bits per heavy atom. The van der Waals surface area contributed by atoms with Crippen molar-refractivity contribution in [3.8, 4) is 0 Å². The minimum atomic E-state index is -0.649. The molecular formula is C12H20O3. The van der Waals surface area contributed by atoms with Crippen LogP contribution in [-0.4, -0.2) is 24.3 Å². The van der Waals surface area contributed by atoms with Crippen LogP contribution in [0.2, 0.25) is 0 Å². The van der Waals surface area contributed by atoms with E-state index in [0.29, 0.717) is 12.3 Å². The molecule has 0 heterocycles. The Morgan fingerprint density at radius 1 is 1.27 bits per heavy atom. The quantitative estimate of drug-likeness (QED) is 0.780. The molecule has 0 aromatic carbocycles. The summed E-state index contributed by atoms with van der Waals surface area (Å²) in [6.45, 7) is 0. The zero-order valence-corrected chi connectivity index (χ0v) is 9.32. The number of carboxylic acids is 1. The van der Waals surface area contributed by atoms with Crippen LogP contribution in [0.3, 0.4) is 0 Å². The van der Waals surface area contributed by atoms with E-state index in [1.54, 1.807) is 7.11 Å². The first-order chi connectivity index (χ1) is 7.22. The predicted molar refractivity (Wildman–Crippen MR) is 56.6 cm³/mol. The second-order valence-corrected chi connectivity index (χ2v) is 4.98. The zero-order chi connectivity index (χ0) is 10.8. The topological polar surface area (TPSA) is 46.5 Å². The minimum Gasteiger partial charge on any atom is -0.481 e. The number of aliphatic carboxylic acids is 1. The molecule has 2 rings (SSSR count). The summed E-state index contributed by atoms with van der Waals surface area (Å²) in [5, 5.41) is 8.99. The smallest absolute Gasteiger partial charge is 0.306 e. The Bertz CT molecular complexity index is 235. The second-order valence-electron chi connectivity index (χ2n) is 4.98. The van der Waals surface area contributed by atoms with Gasteiger partial charge in [0.05, 0.1) is 12.0 Å². The number of hydrogen-bond acceptors (Lipinski definition) is 2. The van der Waals surface area contributed by atoms with Crippen molar-refractivity contribution in [2.45, 2.75) is 44.6 Å². The van der Waals surface area contributed by atoms with Gasteiger partial charge >= 0.3 is 5.97 Å². The third-order valence-corrected chi connectivity index (χ3v) is 4.25. The fourth-order valence-electron chi connectivity index (χ4n) is 3.06. The molecule has 3 unspecified atom stereocenters. The zero-order valence-electron chi connectivity index (χ0n) is 9.32. The summed E-state index contributed by atoms with van der Waals surface area (Å²) in [7, 11) is 1.72. The van der Waals surface area contributed by atoms with Gasteiger partial charge in [-0.2, -0.15) is 0 Å². The summed E-state index contributed by atoms with van der Waals surface area (Å²) in [6.07, 6.45) is 6.78. The van der Waals surface area contributed by atoms with Gasteiger partial charge in [0.25, 0.3) is 0 Å². The number of methoxy groups -OCH3 is 1. The van der Waals surface area contributed by atoms with Gasteiger partial charge in [0, 0.05) is 7.11 Å². The predicted octanol–water partition coefficient (Wildman–Crippen LogP) is 2.30. The van der Waals surface area contributed by atoms with E-state index in [9.17, 15) is 4.79 Å². The van der Waals surface area contributed by atoms with E-state index in [2.05, 4.69) is 0 Å². The Balaban J connectivity index is 1.94. The van der Waals surface area contributed by atoms with Crippen LogP contribution in [0.25, 0.3) is 0 Å². The van der Waals surface area contributed by atoms with Crippen molar-refractivity contribution >= 4 is 5.97 Å². The Morgan fingerprint density at radius 2 is 2.00 bits per heavy atom. The average molecular weight is 212 g/mol. The van der Waals surface area contributed by atoms with Crippen molar-refractivity contribution in [1.29, 1.82) is 0 Å². The number of hydrogen-bond donors (Lipinski definition) is 1. The van der Waals surface area contributed by atoms with Crippen LogP contribution in [-0.2, 0) is 9.53 Å². The lowest BCUT2D eigenvalue weighted by atomic mass is 9.67. The monoisotopic (exact) mass is 212 g/mol. The van der Waals surface area contributed by atoms with Gasteiger partial charge in [0.15, 0.2) is 0 Å².